The lowest BCUT2D eigenvalue weighted by Gasteiger charge is -2.11. The molecule has 0 saturated heterocycles. The van der Waals surface area contributed by atoms with Crippen LogP contribution >= 0.6 is 0 Å². The minimum Gasteiger partial charge on any atom is -0.497 e. The van der Waals surface area contributed by atoms with Crippen LogP contribution in [0.15, 0.2) is 48.5 Å². The van der Waals surface area contributed by atoms with E-state index in [0.29, 0.717) is 23.6 Å². The highest BCUT2D eigenvalue weighted by atomic mass is 16.5. The number of hydrogen-bond acceptors (Lipinski definition) is 3. The molecule has 1 amide bonds. The summed E-state index contributed by atoms with van der Waals surface area (Å²) in [5, 5.41) is 2.90. The molecule has 0 spiro atoms. The molecule has 2 aromatic carbocycles. The Morgan fingerprint density at radius 1 is 1.05 bits per heavy atom. The lowest BCUT2D eigenvalue weighted by atomic mass is 10.1. The molecule has 4 heteroatoms. The summed E-state index contributed by atoms with van der Waals surface area (Å²) in [5.41, 5.74) is 1.67. The van der Waals surface area contributed by atoms with Crippen molar-refractivity contribution < 1.29 is 14.3 Å². The van der Waals surface area contributed by atoms with Crippen molar-refractivity contribution in [3.05, 3.63) is 59.7 Å². The van der Waals surface area contributed by atoms with Gasteiger partial charge in [-0.25, -0.2) is 0 Å². The highest BCUT2D eigenvalue weighted by Gasteiger charge is 2.13. The molecule has 110 valence electrons. The molecule has 0 fully saturated rings. The number of carbonyl (C=O) groups is 1. The highest BCUT2D eigenvalue weighted by Crippen LogP contribution is 2.23. The number of rotatable bonds is 6. The average molecular weight is 285 g/mol. The largest absolute Gasteiger partial charge is 0.497 e. The number of methoxy groups -OCH3 is 2. The SMILES string of the molecule is COc1ccc(OC)c(C(=O)NCCc2ccccc2)c1. The van der Waals surface area contributed by atoms with E-state index in [1.807, 2.05) is 30.3 Å². The van der Waals surface area contributed by atoms with Crippen LogP contribution in [0.5, 0.6) is 11.5 Å². The van der Waals surface area contributed by atoms with Gasteiger partial charge in [0.15, 0.2) is 0 Å². The molecular weight excluding hydrogens is 266 g/mol. The fourth-order valence-corrected chi connectivity index (χ4v) is 2.05. The van der Waals surface area contributed by atoms with Crippen LogP contribution in [-0.4, -0.2) is 26.7 Å². The molecule has 0 aliphatic rings. The number of hydrogen-bond donors (Lipinski definition) is 1. The Labute approximate surface area is 124 Å². The molecule has 2 aromatic rings. The van der Waals surface area contributed by atoms with Gasteiger partial charge in [-0.1, -0.05) is 30.3 Å². The van der Waals surface area contributed by atoms with Gasteiger partial charge in [-0.15, -0.1) is 0 Å². The topological polar surface area (TPSA) is 47.6 Å². The second-order valence-electron chi connectivity index (χ2n) is 4.56. The lowest BCUT2D eigenvalue weighted by Crippen LogP contribution is -2.26. The van der Waals surface area contributed by atoms with Crippen molar-refractivity contribution in [2.24, 2.45) is 0 Å². The summed E-state index contributed by atoms with van der Waals surface area (Å²) in [6, 6.07) is 15.2. The van der Waals surface area contributed by atoms with Crippen LogP contribution in [-0.2, 0) is 6.42 Å². The maximum atomic E-state index is 12.2. The minimum absolute atomic E-state index is 0.165. The Balaban J connectivity index is 1.99. The van der Waals surface area contributed by atoms with Crippen molar-refractivity contribution in [2.45, 2.75) is 6.42 Å². The van der Waals surface area contributed by atoms with Crippen molar-refractivity contribution in [3.8, 4) is 11.5 Å². The molecule has 4 nitrogen and oxygen atoms in total. The van der Waals surface area contributed by atoms with E-state index in [2.05, 4.69) is 5.32 Å². The Morgan fingerprint density at radius 3 is 2.48 bits per heavy atom. The normalized spacial score (nSPS) is 10.0. The second-order valence-corrected chi connectivity index (χ2v) is 4.56. The Kier molecular flexibility index (Phi) is 5.21. The molecule has 21 heavy (non-hydrogen) atoms. The molecule has 0 aromatic heterocycles. The zero-order valence-corrected chi connectivity index (χ0v) is 12.3. The van der Waals surface area contributed by atoms with E-state index in [1.54, 1.807) is 32.4 Å². The molecule has 0 aliphatic heterocycles. The van der Waals surface area contributed by atoms with Gasteiger partial charge in [-0.2, -0.15) is 0 Å². The van der Waals surface area contributed by atoms with Gasteiger partial charge in [0.25, 0.3) is 5.91 Å². The van der Waals surface area contributed by atoms with Crippen LogP contribution in [0.1, 0.15) is 15.9 Å². The molecular formula is C17H19NO3. The monoisotopic (exact) mass is 285 g/mol. The molecule has 0 unspecified atom stereocenters. The molecule has 0 aliphatic carbocycles. The van der Waals surface area contributed by atoms with E-state index < -0.39 is 0 Å². The standard InChI is InChI=1S/C17H19NO3/c1-20-14-8-9-16(21-2)15(12-14)17(19)18-11-10-13-6-4-3-5-7-13/h3-9,12H,10-11H2,1-2H3,(H,18,19). The van der Waals surface area contributed by atoms with Gasteiger partial charge < -0.3 is 14.8 Å². The summed E-state index contributed by atoms with van der Waals surface area (Å²) in [6.07, 6.45) is 0.791. The van der Waals surface area contributed by atoms with E-state index in [1.165, 1.54) is 5.56 Å². The first-order chi connectivity index (χ1) is 10.2. The lowest BCUT2D eigenvalue weighted by molar-refractivity contribution is 0.0950. The summed E-state index contributed by atoms with van der Waals surface area (Å²) in [4.78, 5) is 12.2. The molecule has 0 heterocycles. The van der Waals surface area contributed by atoms with Crippen molar-refractivity contribution in [1.82, 2.24) is 5.32 Å². The van der Waals surface area contributed by atoms with Crippen molar-refractivity contribution in [1.29, 1.82) is 0 Å². The Morgan fingerprint density at radius 2 is 1.81 bits per heavy atom. The third-order valence-corrected chi connectivity index (χ3v) is 3.19. The summed E-state index contributed by atoms with van der Waals surface area (Å²) < 4.78 is 10.4. The van der Waals surface area contributed by atoms with Crippen LogP contribution < -0.4 is 14.8 Å². The van der Waals surface area contributed by atoms with Gasteiger partial charge in [0.1, 0.15) is 11.5 Å². The van der Waals surface area contributed by atoms with Crippen molar-refractivity contribution in [2.75, 3.05) is 20.8 Å². The quantitative estimate of drug-likeness (QED) is 0.887. The second kappa shape index (κ2) is 7.33. The molecule has 1 N–H and O–H groups in total. The average Bonchev–Trinajstić information content (AvgIpc) is 2.55. The third-order valence-electron chi connectivity index (χ3n) is 3.19. The fourth-order valence-electron chi connectivity index (χ4n) is 2.05. The molecule has 0 saturated carbocycles. The number of nitrogens with one attached hydrogen (secondary N) is 1. The number of benzene rings is 2. The Hall–Kier alpha value is -2.49. The van der Waals surface area contributed by atoms with Gasteiger partial charge in [-0.3, -0.25) is 4.79 Å². The van der Waals surface area contributed by atoms with Crippen LogP contribution in [0.2, 0.25) is 0 Å². The smallest absolute Gasteiger partial charge is 0.255 e. The fraction of sp³-hybridized carbons (Fsp3) is 0.235. The highest BCUT2D eigenvalue weighted by molar-refractivity contribution is 5.97. The molecule has 0 radical (unpaired) electrons. The van der Waals surface area contributed by atoms with Crippen LogP contribution in [0.4, 0.5) is 0 Å². The van der Waals surface area contributed by atoms with Crippen molar-refractivity contribution >= 4 is 5.91 Å². The minimum atomic E-state index is -0.165. The number of carbonyl (C=O) groups excluding carboxylic acids is 1. The van der Waals surface area contributed by atoms with Gasteiger partial charge in [0, 0.05) is 6.54 Å². The summed E-state index contributed by atoms with van der Waals surface area (Å²) in [5.74, 6) is 0.999. The van der Waals surface area contributed by atoms with Gasteiger partial charge in [0.05, 0.1) is 19.8 Å². The van der Waals surface area contributed by atoms with Gasteiger partial charge in [-0.05, 0) is 30.2 Å². The van der Waals surface area contributed by atoms with E-state index >= 15 is 0 Å². The first-order valence-electron chi connectivity index (χ1n) is 6.78. The first-order valence-corrected chi connectivity index (χ1v) is 6.78. The summed E-state index contributed by atoms with van der Waals surface area (Å²) in [7, 11) is 3.11. The molecule has 0 atom stereocenters. The van der Waals surface area contributed by atoms with E-state index in [0.717, 1.165) is 6.42 Å². The number of amides is 1. The van der Waals surface area contributed by atoms with Gasteiger partial charge >= 0.3 is 0 Å². The van der Waals surface area contributed by atoms with E-state index in [-0.39, 0.29) is 5.91 Å². The maximum Gasteiger partial charge on any atom is 0.255 e. The van der Waals surface area contributed by atoms with Crippen molar-refractivity contribution in [3.63, 3.8) is 0 Å². The zero-order valence-electron chi connectivity index (χ0n) is 12.3. The first kappa shape index (κ1) is 14.9. The predicted octanol–water partition coefficient (Wildman–Crippen LogP) is 2.68. The summed E-state index contributed by atoms with van der Waals surface area (Å²) in [6.45, 7) is 0.573. The van der Waals surface area contributed by atoms with E-state index in [9.17, 15) is 4.79 Å². The Bertz CT molecular complexity index is 596. The third kappa shape index (κ3) is 3.99. The van der Waals surface area contributed by atoms with Crippen LogP contribution in [0.3, 0.4) is 0 Å². The van der Waals surface area contributed by atoms with Gasteiger partial charge in [0.2, 0.25) is 0 Å². The predicted molar refractivity (Wildman–Crippen MR) is 82.0 cm³/mol. The maximum absolute atomic E-state index is 12.2. The molecule has 2 rings (SSSR count). The van der Waals surface area contributed by atoms with Crippen LogP contribution in [0.25, 0.3) is 0 Å². The zero-order chi connectivity index (χ0) is 15.1. The molecule has 0 bridgehead atoms. The van der Waals surface area contributed by atoms with Crippen LogP contribution in [0, 0.1) is 0 Å². The summed E-state index contributed by atoms with van der Waals surface area (Å²) >= 11 is 0. The number of ether oxygens (including phenoxy) is 2. The van der Waals surface area contributed by atoms with E-state index in [4.69, 9.17) is 9.47 Å².